The van der Waals surface area contributed by atoms with Crippen molar-refractivity contribution in [2.24, 2.45) is 22.7 Å². The summed E-state index contributed by atoms with van der Waals surface area (Å²) in [7, 11) is 5.62. The third kappa shape index (κ3) is 8.85. The molecule has 1 fully saturated rings. The van der Waals surface area contributed by atoms with Crippen molar-refractivity contribution < 1.29 is 28.5 Å². The van der Waals surface area contributed by atoms with E-state index in [2.05, 4.69) is 45.3 Å². The number of esters is 1. The van der Waals surface area contributed by atoms with Gasteiger partial charge in [-0.1, -0.05) is 45.4 Å². The number of nitrogens with zero attached hydrogens (tertiary/aromatic N) is 6. The van der Waals surface area contributed by atoms with Gasteiger partial charge in [0.25, 0.3) is 6.29 Å². The van der Waals surface area contributed by atoms with Gasteiger partial charge in [0.1, 0.15) is 18.0 Å². The number of rotatable bonds is 12. The van der Waals surface area contributed by atoms with Gasteiger partial charge in [-0.3, -0.25) is 29.1 Å². The molecule has 1 unspecified atom stereocenters. The van der Waals surface area contributed by atoms with Crippen LogP contribution >= 0.6 is 0 Å². The van der Waals surface area contributed by atoms with E-state index in [9.17, 15) is 9.59 Å². The zero-order valence-electron chi connectivity index (χ0n) is 31.8. The largest absolute Gasteiger partial charge is 0.511 e. The third-order valence-corrected chi connectivity index (χ3v) is 9.62. The maximum absolute atomic E-state index is 13.7. The van der Waals surface area contributed by atoms with Crippen molar-refractivity contribution in [3.8, 4) is 5.69 Å². The summed E-state index contributed by atoms with van der Waals surface area (Å²) in [5, 5.41) is 0. The van der Waals surface area contributed by atoms with Crippen molar-refractivity contribution in [2.45, 2.75) is 92.5 Å². The summed E-state index contributed by atoms with van der Waals surface area (Å²) in [6.07, 6.45) is 1.77. The number of hydrogen-bond acceptors (Lipinski definition) is 11. The number of pyridine rings is 1. The fourth-order valence-corrected chi connectivity index (χ4v) is 7.64. The SMILES string of the molecule is COC1N(C)CC(CC(OC(=O)CC[C@@H]2N=C(c3ccccn3)c3cc(C)cc(C)c3-n3c(C)cnc32)OC(=O)OC(C(C)C)C(C)C)CN1C. The summed E-state index contributed by atoms with van der Waals surface area (Å²) in [5.41, 5.74) is 6.63. The molecule has 4 heterocycles. The Hall–Kier alpha value is -4.13. The van der Waals surface area contributed by atoms with E-state index >= 15 is 0 Å². The lowest BCUT2D eigenvalue weighted by Crippen LogP contribution is -2.55. The molecular weight excluding hydrogens is 648 g/mol. The van der Waals surface area contributed by atoms with Crippen molar-refractivity contribution in [3.63, 3.8) is 0 Å². The van der Waals surface area contributed by atoms with Crippen LogP contribution in [0.15, 0.2) is 47.7 Å². The van der Waals surface area contributed by atoms with Gasteiger partial charge in [0.05, 0.1) is 17.1 Å². The summed E-state index contributed by atoms with van der Waals surface area (Å²) >= 11 is 0. The lowest BCUT2D eigenvalue weighted by Gasteiger charge is -2.43. The lowest BCUT2D eigenvalue weighted by atomic mass is 9.96. The molecule has 3 aromatic rings. The molecule has 0 N–H and O–H groups in total. The molecule has 1 saturated heterocycles. The predicted octanol–water partition coefficient (Wildman–Crippen LogP) is 6.38. The van der Waals surface area contributed by atoms with Gasteiger partial charge in [-0.05, 0) is 82.8 Å². The number of aliphatic imine (C=N–C) groups is 1. The fourth-order valence-electron chi connectivity index (χ4n) is 7.64. The normalized spacial score (nSPS) is 20.1. The number of hydrogen-bond donors (Lipinski definition) is 0. The van der Waals surface area contributed by atoms with Crippen LogP contribution < -0.4 is 0 Å². The van der Waals surface area contributed by atoms with Gasteiger partial charge in [0.15, 0.2) is 6.35 Å². The van der Waals surface area contributed by atoms with E-state index in [1.807, 2.05) is 73.1 Å². The quantitative estimate of drug-likeness (QED) is 0.155. The Balaban J connectivity index is 1.39. The van der Waals surface area contributed by atoms with Crippen LogP contribution in [0.25, 0.3) is 5.69 Å². The molecule has 2 atom stereocenters. The van der Waals surface area contributed by atoms with Crippen LogP contribution in [0.5, 0.6) is 0 Å². The molecule has 0 amide bonds. The first kappa shape index (κ1) is 38.1. The van der Waals surface area contributed by atoms with E-state index in [0.717, 1.165) is 45.3 Å². The number of imidazole rings is 1. The van der Waals surface area contributed by atoms with Crippen molar-refractivity contribution >= 4 is 17.8 Å². The lowest BCUT2D eigenvalue weighted by molar-refractivity contribution is -0.185. The standard InChI is InChI=1S/C39H54N6O6/c1-23(2)36(24(3)4)51-39(47)50-33(19-28-21-43(8)38(48-10)44(9)22-28)49-32(46)15-14-31-37-41-20-27(7)45(37)35-26(6)17-25(5)18-29(35)34(42-31)30-13-11-12-16-40-30/h11-13,16-18,20,23-24,28,31,33,36,38H,14-15,19,21-22H2,1-10H3/t28?,31-,33?,38?/m0/s1. The summed E-state index contributed by atoms with van der Waals surface area (Å²) in [5.74, 6) is 0.469. The first-order valence-corrected chi connectivity index (χ1v) is 17.9. The maximum Gasteiger partial charge on any atom is 0.511 e. The highest BCUT2D eigenvalue weighted by Gasteiger charge is 2.35. The Bertz CT molecular complexity index is 1690. The van der Waals surface area contributed by atoms with Gasteiger partial charge < -0.3 is 18.9 Å². The van der Waals surface area contributed by atoms with Gasteiger partial charge in [-0.15, -0.1) is 0 Å². The molecule has 12 heteroatoms. The molecule has 0 aliphatic carbocycles. The number of methoxy groups -OCH3 is 1. The van der Waals surface area contributed by atoms with E-state index < -0.39 is 24.5 Å². The zero-order chi connectivity index (χ0) is 37.0. The number of carbonyl (C=O) groups excluding carboxylic acids is 2. The van der Waals surface area contributed by atoms with Crippen LogP contribution in [0.2, 0.25) is 0 Å². The van der Waals surface area contributed by atoms with Crippen molar-refractivity contribution in [2.75, 3.05) is 34.3 Å². The second-order valence-electron chi connectivity index (χ2n) is 14.7. The molecule has 2 aliphatic heterocycles. The summed E-state index contributed by atoms with van der Waals surface area (Å²) in [6, 6.07) is 9.60. The van der Waals surface area contributed by atoms with Crippen molar-refractivity contribution in [1.82, 2.24) is 24.3 Å². The molecule has 0 bridgehead atoms. The van der Waals surface area contributed by atoms with E-state index in [1.54, 1.807) is 13.3 Å². The molecular formula is C39H54N6O6. The molecule has 12 nitrogen and oxygen atoms in total. The van der Waals surface area contributed by atoms with Crippen molar-refractivity contribution in [1.29, 1.82) is 0 Å². The van der Waals surface area contributed by atoms with Crippen LogP contribution in [0.3, 0.4) is 0 Å². The van der Waals surface area contributed by atoms with Crippen LogP contribution in [-0.2, 0) is 23.7 Å². The predicted molar refractivity (Wildman–Crippen MR) is 195 cm³/mol. The fraction of sp³-hybridized carbons (Fsp3) is 0.564. The number of fused-ring (bicyclic) bond motifs is 3. The second kappa shape index (κ2) is 16.5. The Morgan fingerprint density at radius 2 is 1.65 bits per heavy atom. The van der Waals surface area contributed by atoms with Crippen LogP contribution in [-0.4, -0.2) is 95.2 Å². The first-order chi connectivity index (χ1) is 24.3. The number of benzene rings is 1. The van der Waals surface area contributed by atoms with E-state index in [0.29, 0.717) is 25.9 Å². The molecule has 5 rings (SSSR count). The van der Waals surface area contributed by atoms with Gasteiger partial charge in [0, 0.05) is 56.7 Å². The Labute approximate surface area is 302 Å². The molecule has 2 aliphatic rings. The van der Waals surface area contributed by atoms with E-state index in [4.69, 9.17) is 28.9 Å². The van der Waals surface area contributed by atoms with Gasteiger partial charge in [0.2, 0.25) is 0 Å². The maximum atomic E-state index is 13.7. The highest BCUT2D eigenvalue weighted by atomic mass is 16.8. The molecule has 1 aromatic carbocycles. The molecule has 0 spiro atoms. The van der Waals surface area contributed by atoms with Gasteiger partial charge >= 0.3 is 12.1 Å². The average molecular weight is 703 g/mol. The highest BCUT2D eigenvalue weighted by Crippen LogP contribution is 2.36. The number of carbonyl (C=O) groups is 2. The number of ether oxygens (including phenoxy) is 4. The van der Waals surface area contributed by atoms with Crippen LogP contribution in [0.1, 0.15) is 86.9 Å². The van der Waals surface area contributed by atoms with E-state index in [-0.39, 0.29) is 36.6 Å². The molecule has 0 saturated carbocycles. The molecule has 51 heavy (non-hydrogen) atoms. The average Bonchev–Trinajstić information content (AvgIpc) is 3.36. The molecule has 0 radical (unpaired) electrons. The summed E-state index contributed by atoms with van der Waals surface area (Å²) in [4.78, 5) is 45.7. The number of aromatic nitrogens is 3. The molecule has 276 valence electrons. The molecule has 2 aromatic heterocycles. The first-order valence-electron chi connectivity index (χ1n) is 17.9. The van der Waals surface area contributed by atoms with Crippen LogP contribution in [0.4, 0.5) is 4.79 Å². The van der Waals surface area contributed by atoms with Crippen LogP contribution in [0, 0.1) is 38.5 Å². The topological polar surface area (TPSA) is 121 Å². The summed E-state index contributed by atoms with van der Waals surface area (Å²) in [6.45, 7) is 15.5. The van der Waals surface area contributed by atoms with Gasteiger partial charge in [-0.2, -0.15) is 0 Å². The Morgan fingerprint density at radius 1 is 0.941 bits per heavy atom. The zero-order valence-corrected chi connectivity index (χ0v) is 31.8. The van der Waals surface area contributed by atoms with Gasteiger partial charge in [-0.25, -0.2) is 9.78 Å². The minimum absolute atomic E-state index is 0.0235. The Morgan fingerprint density at radius 3 is 2.27 bits per heavy atom. The monoisotopic (exact) mass is 702 g/mol. The minimum atomic E-state index is -1.13. The summed E-state index contributed by atoms with van der Waals surface area (Å²) < 4.78 is 25.2. The highest BCUT2D eigenvalue weighted by molar-refractivity contribution is 6.14. The smallest absolute Gasteiger partial charge is 0.430 e. The van der Waals surface area contributed by atoms with E-state index in [1.165, 1.54) is 0 Å². The van der Waals surface area contributed by atoms with Crippen molar-refractivity contribution in [3.05, 3.63) is 76.6 Å². The third-order valence-electron chi connectivity index (χ3n) is 9.62. The minimum Gasteiger partial charge on any atom is -0.430 e. The Kier molecular flexibility index (Phi) is 12.3. The number of aryl methyl sites for hydroxylation is 3. The second-order valence-corrected chi connectivity index (χ2v) is 14.7.